The molecular weight excluding hydrogens is 260 g/mol. The highest BCUT2D eigenvalue weighted by molar-refractivity contribution is 7.87. The molecule has 4 nitrogen and oxygen atoms in total. The Morgan fingerprint density at radius 1 is 1.24 bits per heavy atom. The molecule has 0 aliphatic rings. The Hall–Kier alpha value is 0.160. The number of hydrogen-bond acceptors (Lipinski definition) is 2. The zero-order chi connectivity index (χ0) is 13.7. The highest BCUT2D eigenvalue weighted by Gasteiger charge is 2.30. The molecular formula is C11H25ClN2O2S. The van der Waals surface area contributed by atoms with E-state index in [1.54, 1.807) is 0 Å². The second-order valence-electron chi connectivity index (χ2n) is 5.10. The zero-order valence-electron chi connectivity index (χ0n) is 11.5. The van der Waals surface area contributed by atoms with E-state index in [-0.39, 0.29) is 11.5 Å². The van der Waals surface area contributed by atoms with Crippen LogP contribution in [0.15, 0.2) is 0 Å². The quantitative estimate of drug-likeness (QED) is 0.729. The minimum atomic E-state index is -3.40. The smallest absolute Gasteiger partial charge is 0.198 e. The zero-order valence-corrected chi connectivity index (χ0v) is 13.0. The fraction of sp³-hybridized carbons (Fsp3) is 1.00. The van der Waals surface area contributed by atoms with E-state index < -0.39 is 10.2 Å². The number of nitrogens with zero attached hydrogens (tertiary/aromatic N) is 1. The number of alkyl halides is 1. The molecule has 1 unspecified atom stereocenters. The molecule has 0 radical (unpaired) electrons. The molecule has 17 heavy (non-hydrogen) atoms. The van der Waals surface area contributed by atoms with Gasteiger partial charge in [0.1, 0.15) is 0 Å². The van der Waals surface area contributed by atoms with E-state index in [9.17, 15) is 8.42 Å². The minimum Gasteiger partial charge on any atom is -0.198 e. The Labute approximate surface area is 111 Å². The average molecular weight is 285 g/mol. The standard InChI is InChI=1S/C11H25ClN2O2S/c1-6-14(7-2)17(15,16)13-10(8-9-12)11(3,4)5/h10,13H,6-9H2,1-5H3. The summed E-state index contributed by atoms with van der Waals surface area (Å²) in [6, 6.07) is -0.148. The van der Waals surface area contributed by atoms with E-state index in [2.05, 4.69) is 4.72 Å². The van der Waals surface area contributed by atoms with E-state index in [4.69, 9.17) is 11.6 Å². The van der Waals surface area contributed by atoms with Crippen LogP contribution in [0.4, 0.5) is 0 Å². The summed E-state index contributed by atoms with van der Waals surface area (Å²) >= 11 is 5.73. The van der Waals surface area contributed by atoms with Crippen molar-refractivity contribution in [2.45, 2.75) is 47.1 Å². The lowest BCUT2D eigenvalue weighted by molar-refractivity contribution is 0.285. The first kappa shape index (κ1) is 17.2. The third-order valence-corrected chi connectivity index (χ3v) is 4.78. The van der Waals surface area contributed by atoms with Gasteiger partial charge in [0.05, 0.1) is 0 Å². The van der Waals surface area contributed by atoms with Gasteiger partial charge in [-0.3, -0.25) is 0 Å². The van der Waals surface area contributed by atoms with Crippen LogP contribution in [-0.4, -0.2) is 37.7 Å². The predicted octanol–water partition coefficient (Wildman–Crippen LogP) is 2.21. The fourth-order valence-electron chi connectivity index (χ4n) is 1.60. The highest BCUT2D eigenvalue weighted by Crippen LogP contribution is 2.23. The van der Waals surface area contributed by atoms with Gasteiger partial charge in [0, 0.05) is 25.0 Å². The van der Waals surface area contributed by atoms with Crippen molar-refractivity contribution in [1.82, 2.24) is 9.03 Å². The van der Waals surface area contributed by atoms with Crippen LogP contribution in [0.25, 0.3) is 0 Å². The Bertz CT molecular complexity index is 308. The molecule has 1 atom stereocenters. The Kier molecular flexibility index (Phi) is 6.99. The summed E-state index contributed by atoms with van der Waals surface area (Å²) in [5.41, 5.74) is -0.144. The molecule has 0 aromatic carbocycles. The molecule has 104 valence electrons. The third kappa shape index (κ3) is 5.55. The molecule has 0 spiro atoms. The van der Waals surface area contributed by atoms with Crippen LogP contribution in [0, 0.1) is 5.41 Å². The molecule has 0 bridgehead atoms. The van der Waals surface area contributed by atoms with Crippen LogP contribution in [-0.2, 0) is 10.2 Å². The largest absolute Gasteiger partial charge is 0.279 e. The van der Waals surface area contributed by atoms with E-state index >= 15 is 0 Å². The molecule has 0 aliphatic heterocycles. The normalized spacial score (nSPS) is 15.2. The molecule has 1 N–H and O–H groups in total. The first-order valence-electron chi connectivity index (χ1n) is 6.02. The summed E-state index contributed by atoms with van der Waals surface area (Å²) in [4.78, 5) is 0. The summed E-state index contributed by atoms with van der Waals surface area (Å²) in [5.74, 6) is 0.447. The summed E-state index contributed by atoms with van der Waals surface area (Å²) in [7, 11) is -3.40. The van der Waals surface area contributed by atoms with Gasteiger partial charge >= 0.3 is 0 Å². The van der Waals surface area contributed by atoms with Gasteiger partial charge in [-0.1, -0.05) is 34.6 Å². The van der Waals surface area contributed by atoms with E-state index in [1.807, 2.05) is 34.6 Å². The topological polar surface area (TPSA) is 49.4 Å². The highest BCUT2D eigenvalue weighted by atomic mass is 35.5. The first-order valence-corrected chi connectivity index (χ1v) is 7.99. The molecule has 0 aromatic rings. The second-order valence-corrected chi connectivity index (χ2v) is 7.18. The molecule has 0 amide bonds. The van der Waals surface area contributed by atoms with E-state index in [1.165, 1.54) is 4.31 Å². The second kappa shape index (κ2) is 6.92. The Balaban J connectivity index is 4.87. The number of rotatable bonds is 7. The maximum absolute atomic E-state index is 12.1. The molecule has 0 saturated heterocycles. The van der Waals surface area contributed by atoms with Crippen molar-refractivity contribution in [2.24, 2.45) is 5.41 Å². The monoisotopic (exact) mass is 284 g/mol. The van der Waals surface area contributed by atoms with Gasteiger partial charge in [-0.25, -0.2) is 0 Å². The maximum Gasteiger partial charge on any atom is 0.279 e. The van der Waals surface area contributed by atoms with Crippen LogP contribution in [0.1, 0.15) is 41.0 Å². The lowest BCUT2D eigenvalue weighted by atomic mass is 9.86. The number of hydrogen-bond donors (Lipinski definition) is 1. The molecule has 6 heteroatoms. The van der Waals surface area contributed by atoms with Crippen molar-refractivity contribution in [3.05, 3.63) is 0 Å². The van der Waals surface area contributed by atoms with Gasteiger partial charge in [0.15, 0.2) is 0 Å². The van der Waals surface area contributed by atoms with Crippen molar-refractivity contribution in [3.63, 3.8) is 0 Å². The lowest BCUT2D eigenvalue weighted by Gasteiger charge is -2.32. The van der Waals surface area contributed by atoms with Gasteiger partial charge in [-0.15, -0.1) is 11.6 Å². The van der Waals surface area contributed by atoms with Crippen LogP contribution in [0.2, 0.25) is 0 Å². The van der Waals surface area contributed by atoms with Gasteiger partial charge in [0.2, 0.25) is 0 Å². The summed E-state index contributed by atoms with van der Waals surface area (Å²) < 4.78 is 28.4. The number of nitrogens with one attached hydrogen (secondary N) is 1. The predicted molar refractivity (Wildman–Crippen MR) is 73.6 cm³/mol. The van der Waals surface area contributed by atoms with Crippen molar-refractivity contribution in [3.8, 4) is 0 Å². The molecule has 0 rings (SSSR count). The van der Waals surface area contributed by atoms with Crippen LogP contribution in [0.3, 0.4) is 0 Å². The minimum absolute atomic E-state index is 0.144. The van der Waals surface area contributed by atoms with Crippen molar-refractivity contribution >= 4 is 21.8 Å². The van der Waals surface area contributed by atoms with Crippen LogP contribution < -0.4 is 4.72 Å². The molecule has 0 fully saturated rings. The average Bonchev–Trinajstić information content (AvgIpc) is 2.16. The fourth-order valence-corrected chi connectivity index (χ4v) is 3.47. The molecule has 0 aliphatic carbocycles. The van der Waals surface area contributed by atoms with E-state index in [0.717, 1.165) is 0 Å². The summed E-state index contributed by atoms with van der Waals surface area (Å²) in [5, 5.41) is 0. The molecule has 0 heterocycles. The van der Waals surface area contributed by atoms with E-state index in [0.29, 0.717) is 25.4 Å². The summed E-state index contributed by atoms with van der Waals surface area (Å²) in [6.45, 7) is 10.6. The van der Waals surface area contributed by atoms with Gasteiger partial charge in [-0.2, -0.15) is 17.4 Å². The van der Waals surface area contributed by atoms with Gasteiger partial charge in [-0.05, 0) is 11.8 Å². The lowest BCUT2D eigenvalue weighted by Crippen LogP contribution is -2.50. The van der Waals surface area contributed by atoms with Crippen LogP contribution >= 0.6 is 11.6 Å². The third-order valence-electron chi connectivity index (χ3n) is 2.78. The molecule has 0 aromatic heterocycles. The van der Waals surface area contributed by atoms with Crippen LogP contribution in [0.5, 0.6) is 0 Å². The summed E-state index contributed by atoms with van der Waals surface area (Å²) in [6.07, 6.45) is 0.631. The van der Waals surface area contributed by atoms with Crippen molar-refractivity contribution in [2.75, 3.05) is 19.0 Å². The Morgan fingerprint density at radius 2 is 1.71 bits per heavy atom. The number of halogens is 1. The van der Waals surface area contributed by atoms with Gasteiger partial charge < -0.3 is 0 Å². The maximum atomic E-state index is 12.1. The first-order chi connectivity index (χ1) is 7.69. The van der Waals surface area contributed by atoms with Crippen molar-refractivity contribution in [1.29, 1.82) is 0 Å². The SMILES string of the molecule is CCN(CC)S(=O)(=O)NC(CCCl)C(C)(C)C. The molecule has 0 saturated carbocycles. The Morgan fingerprint density at radius 3 is 2.00 bits per heavy atom. The van der Waals surface area contributed by atoms with Gasteiger partial charge in [0.25, 0.3) is 10.2 Å². The van der Waals surface area contributed by atoms with Crippen molar-refractivity contribution < 1.29 is 8.42 Å².